The van der Waals surface area contributed by atoms with Crippen LogP contribution in [0.2, 0.25) is 0 Å². The van der Waals surface area contributed by atoms with E-state index in [0.29, 0.717) is 19.3 Å². The van der Waals surface area contributed by atoms with E-state index < -0.39 is 0 Å². The Balaban J connectivity index is 1.74. The molecule has 6 atom stereocenters. The minimum atomic E-state index is -0.308. The van der Waals surface area contributed by atoms with Gasteiger partial charge in [-0.1, -0.05) is 0 Å². The average Bonchev–Trinajstić information content (AvgIpc) is 2.78. The van der Waals surface area contributed by atoms with Crippen molar-refractivity contribution in [2.24, 2.45) is 0 Å². The molecule has 19 heavy (non-hydrogen) atoms. The molecule has 110 valence electrons. The summed E-state index contributed by atoms with van der Waals surface area (Å²) in [5.41, 5.74) is 0. The highest BCUT2D eigenvalue weighted by Crippen LogP contribution is 2.37. The maximum atomic E-state index is 6.11. The van der Waals surface area contributed by atoms with Gasteiger partial charge in [-0.15, -0.1) is 0 Å². The molecule has 0 spiro atoms. The maximum absolute atomic E-state index is 6.11. The van der Waals surface area contributed by atoms with E-state index in [-0.39, 0.29) is 31.0 Å². The molecule has 0 N–H and O–H groups in total. The average molecular weight is 273 g/mol. The molecule has 0 aromatic heterocycles. The van der Waals surface area contributed by atoms with Crippen molar-refractivity contribution in [2.75, 3.05) is 26.9 Å². The van der Waals surface area contributed by atoms with Crippen LogP contribution in [-0.2, 0) is 23.7 Å². The number of methoxy groups -OCH3 is 1. The second-order valence-corrected chi connectivity index (χ2v) is 5.23. The van der Waals surface area contributed by atoms with Crippen LogP contribution in [-0.4, -0.2) is 68.8 Å². The van der Waals surface area contributed by atoms with Crippen LogP contribution >= 0.6 is 0 Å². The summed E-state index contributed by atoms with van der Waals surface area (Å²) >= 11 is 0. The predicted molar refractivity (Wildman–Crippen MR) is 66.5 cm³/mol. The first-order valence-corrected chi connectivity index (χ1v) is 7.07. The smallest absolute Gasteiger partial charge is 0.197 e. The van der Waals surface area contributed by atoms with Crippen LogP contribution in [0.1, 0.15) is 20.3 Å². The number of ether oxygens (including phenoxy) is 5. The molecule has 0 bridgehead atoms. The molecule has 6 nitrogen and oxygen atoms in total. The van der Waals surface area contributed by atoms with E-state index in [0.717, 1.165) is 13.0 Å². The Hall–Kier alpha value is -0.240. The van der Waals surface area contributed by atoms with Gasteiger partial charge in [-0.2, -0.15) is 0 Å². The Kier molecular flexibility index (Phi) is 4.07. The number of hydrogen-bond donors (Lipinski definition) is 0. The maximum Gasteiger partial charge on any atom is 0.197 e. The quantitative estimate of drug-likeness (QED) is 0.749. The second-order valence-electron chi connectivity index (χ2n) is 5.23. The molecule has 3 fully saturated rings. The van der Waals surface area contributed by atoms with E-state index in [1.54, 1.807) is 7.11 Å². The molecule has 3 rings (SSSR count). The summed E-state index contributed by atoms with van der Waals surface area (Å²) in [5.74, 6) is 0. The molecule has 0 saturated carbocycles. The van der Waals surface area contributed by atoms with Crippen LogP contribution in [0.25, 0.3) is 0 Å². The molecule has 0 amide bonds. The normalized spacial score (nSPS) is 46.9. The third-order valence-corrected chi connectivity index (χ3v) is 4.14. The lowest BCUT2D eigenvalue weighted by atomic mass is 9.99. The highest BCUT2D eigenvalue weighted by molar-refractivity contribution is 4.97. The molecular formula is C13H23NO5. The third kappa shape index (κ3) is 2.41. The monoisotopic (exact) mass is 273 g/mol. The van der Waals surface area contributed by atoms with E-state index >= 15 is 0 Å². The second kappa shape index (κ2) is 5.63. The summed E-state index contributed by atoms with van der Waals surface area (Å²) in [6, 6.07) is 0.326. The van der Waals surface area contributed by atoms with Crippen LogP contribution in [0.4, 0.5) is 0 Å². The number of fused-ring (bicyclic) bond motifs is 3. The van der Waals surface area contributed by atoms with Crippen molar-refractivity contribution in [3.05, 3.63) is 0 Å². The zero-order valence-corrected chi connectivity index (χ0v) is 11.8. The Bertz CT molecular complexity index is 315. The summed E-state index contributed by atoms with van der Waals surface area (Å²) in [4.78, 5) is 2.34. The summed E-state index contributed by atoms with van der Waals surface area (Å²) in [7, 11) is 1.66. The molecule has 0 radical (unpaired) electrons. The van der Waals surface area contributed by atoms with Gasteiger partial charge in [-0.3, -0.25) is 4.90 Å². The van der Waals surface area contributed by atoms with Crippen molar-refractivity contribution in [2.45, 2.75) is 57.3 Å². The zero-order chi connectivity index (χ0) is 13.4. The van der Waals surface area contributed by atoms with Gasteiger partial charge in [0.05, 0.1) is 12.7 Å². The Morgan fingerprint density at radius 3 is 2.89 bits per heavy atom. The Labute approximate surface area is 113 Å². The predicted octanol–water partition coefficient (Wildman–Crippen LogP) is 0.556. The van der Waals surface area contributed by atoms with Gasteiger partial charge in [-0.25, -0.2) is 0 Å². The summed E-state index contributed by atoms with van der Waals surface area (Å²) in [6.45, 7) is 6.25. The first-order chi connectivity index (χ1) is 9.24. The Morgan fingerprint density at radius 2 is 2.16 bits per heavy atom. The lowest BCUT2D eigenvalue weighted by molar-refractivity contribution is -0.249. The highest BCUT2D eigenvalue weighted by atomic mass is 16.7. The van der Waals surface area contributed by atoms with E-state index in [4.69, 9.17) is 23.7 Å². The molecule has 6 heteroatoms. The van der Waals surface area contributed by atoms with Crippen LogP contribution in [0.5, 0.6) is 0 Å². The summed E-state index contributed by atoms with van der Waals surface area (Å²) in [5, 5.41) is 0. The first-order valence-electron chi connectivity index (χ1n) is 7.07. The number of rotatable bonds is 3. The van der Waals surface area contributed by atoms with Crippen molar-refractivity contribution >= 4 is 0 Å². The van der Waals surface area contributed by atoms with E-state index in [1.807, 2.05) is 13.8 Å². The highest BCUT2D eigenvalue weighted by Gasteiger charge is 2.53. The van der Waals surface area contributed by atoms with Crippen LogP contribution in [0.3, 0.4) is 0 Å². The van der Waals surface area contributed by atoms with Gasteiger partial charge >= 0.3 is 0 Å². The van der Waals surface area contributed by atoms with Crippen LogP contribution < -0.4 is 0 Å². The van der Waals surface area contributed by atoms with Crippen molar-refractivity contribution in [3.8, 4) is 0 Å². The van der Waals surface area contributed by atoms with E-state index in [2.05, 4.69) is 4.90 Å². The molecule has 3 heterocycles. The minimum Gasteiger partial charge on any atom is -0.353 e. The molecule has 0 unspecified atom stereocenters. The molecule has 3 aliphatic rings. The van der Waals surface area contributed by atoms with Crippen molar-refractivity contribution in [1.29, 1.82) is 0 Å². The van der Waals surface area contributed by atoms with Gasteiger partial charge in [-0.05, 0) is 13.8 Å². The topological polar surface area (TPSA) is 49.4 Å². The van der Waals surface area contributed by atoms with Gasteiger partial charge in [0.25, 0.3) is 0 Å². The molecule has 3 aliphatic heterocycles. The first kappa shape index (κ1) is 13.7. The number of nitrogens with zero attached hydrogens (tertiary/aromatic N) is 1. The van der Waals surface area contributed by atoms with Crippen LogP contribution in [0, 0.1) is 0 Å². The van der Waals surface area contributed by atoms with Gasteiger partial charge in [0.2, 0.25) is 0 Å². The molecule has 0 aromatic carbocycles. The number of morpholine rings is 1. The fourth-order valence-electron chi connectivity index (χ4n) is 3.32. The van der Waals surface area contributed by atoms with Crippen molar-refractivity contribution in [1.82, 2.24) is 4.90 Å². The van der Waals surface area contributed by atoms with Gasteiger partial charge in [0.1, 0.15) is 6.10 Å². The molecular weight excluding hydrogens is 250 g/mol. The van der Waals surface area contributed by atoms with Crippen LogP contribution in [0.15, 0.2) is 0 Å². The van der Waals surface area contributed by atoms with Gasteiger partial charge in [0.15, 0.2) is 18.8 Å². The lowest BCUT2D eigenvalue weighted by Gasteiger charge is -2.40. The standard InChI is InChI=1S/C13H23NO5/c1-4-16-10-7-9-11(8(2)18-10)19-12-13(15-3)17-6-5-14(9)12/h8-13H,4-7H2,1-3H3/t8-,9-,10+,11+,12+,13-/m0/s1. The largest absolute Gasteiger partial charge is 0.353 e. The zero-order valence-electron chi connectivity index (χ0n) is 11.8. The van der Waals surface area contributed by atoms with Gasteiger partial charge in [0, 0.05) is 32.7 Å². The van der Waals surface area contributed by atoms with Gasteiger partial charge < -0.3 is 23.7 Å². The Morgan fingerprint density at radius 1 is 1.32 bits per heavy atom. The minimum absolute atomic E-state index is 0.0263. The van der Waals surface area contributed by atoms with Crippen molar-refractivity contribution < 1.29 is 23.7 Å². The third-order valence-electron chi connectivity index (χ3n) is 4.14. The fraction of sp³-hybridized carbons (Fsp3) is 1.00. The summed E-state index contributed by atoms with van der Waals surface area (Å²) < 4.78 is 28.5. The van der Waals surface area contributed by atoms with E-state index in [9.17, 15) is 0 Å². The van der Waals surface area contributed by atoms with Crippen molar-refractivity contribution in [3.63, 3.8) is 0 Å². The molecule has 0 aliphatic carbocycles. The van der Waals surface area contributed by atoms with E-state index in [1.165, 1.54) is 0 Å². The molecule has 3 saturated heterocycles. The number of hydrogen-bond acceptors (Lipinski definition) is 6. The SMILES string of the molecule is CCO[C@H]1C[C@H]2[C@H](O[C@@H]3[C@@H](OC)OCCN32)[C@H](C)O1. The lowest BCUT2D eigenvalue weighted by Crippen LogP contribution is -2.54. The summed E-state index contributed by atoms with van der Waals surface area (Å²) in [6.07, 6.45) is 0.375. The fourth-order valence-corrected chi connectivity index (χ4v) is 3.32. The molecule has 0 aromatic rings.